The Labute approximate surface area is 106 Å². The van der Waals surface area contributed by atoms with Crippen LogP contribution in [0.3, 0.4) is 0 Å². The van der Waals surface area contributed by atoms with Crippen molar-refractivity contribution < 1.29 is 13.9 Å². The van der Waals surface area contributed by atoms with Crippen molar-refractivity contribution in [3.8, 4) is 5.75 Å². The van der Waals surface area contributed by atoms with Crippen LogP contribution in [0, 0.1) is 5.82 Å². The van der Waals surface area contributed by atoms with Crippen molar-refractivity contribution >= 4 is 5.91 Å². The number of ether oxygens (including phenoxy) is 1. The third-order valence-corrected chi connectivity index (χ3v) is 3.07. The highest BCUT2D eigenvalue weighted by atomic mass is 19.1. The Morgan fingerprint density at radius 2 is 2.39 bits per heavy atom. The third-order valence-electron chi connectivity index (χ3n) is 3.07. The molecule has 0 spiro atoms. The first kappa shape index (κ1) is 12.9. The lowest BCUT2D eigenvalue weighted by Gasteiger charge is -2.18. The fourth-order valence-corrected chi connectivity index (χ4v) is 2.21. The summed E-state index contributed by atoms with van der Waals surface area (Å²) in [4.78, 5) is 11.7. The molecule has 0 bridgehead atoms. The lowest BCUT2D eigenvalue weighted by molar-refractivity contribution is -0.121. The summed E-state index contributed by atoms with van der Waals surface area (Å²) >= 11 is 0. The molecule has 1 atom stereocenters. The van der Waals surface area contributed by atoms with Crippen LogP contribution in [0.25, 0.3) is 0 Å². The standard InChI is InChI=1S/C14H18FNO2/c1-2-5-13(17)16-12-8-4-9-18-14-10(12)6-3-7-11(14)15/h3,6-7,12H,2,4-5,8-9H2,1H3,(H,16,17). The summed E-state index contributed by atoms with van der Waals surface area (Å²) in [7, 11) is 0. The first-order valence-electron chi connectivity index (χ1n) is 6.43. The highest BCUT2D eigenvalue weighted by Crippen LogP contribution is 2.33. The average Bonchev–Trinajstić information content (AvgIpc) is 2.54. The Hall–Kier alpha value is -1.58. The van der Waals surface area contributed by atoms with E-state index in [1.807, 2.05) is 13.0 Å². The zero-order chi connectivity index (χ0) is 13.0. The minimum absolute atomic E-state index is 0.0135. The second-order valence-electron chi connectivity index (χ2n) is 4.52. The van der Waals surface area contributed by atoms with Gasteiger partial charge in [-0.1, -0.05) is 19.1 Å². The molecule has 0 saturated carbocycles. The third kappa shape index (κ3) is 2.81. The predicted octanol–water partition coefficient (Wildman–Crippen LogP) is 2.96. The van der Waals surface area contributed by atoms with Gasteiger partial charge in [0.2, 0.25) is 5.91 Å². The Bertz CT molecular complexity index is 434. The van der Waals surface area contributed by atoms with E-state index < -0.39 is 0 Å². The maximum atomic E-state index is 13.7. The van der Waals surface area contributed by atoms with E-state index in [4.69, 9.17) is 4.74 Å². The average molecular weight is 251 g/mol. The van der Waals surface area contributed by atoms with Gasteiger partial charge in [-0.05, 0) is 25.3 Å². The molecule has 0 fully saturated rings. The minimum atomic E-state index is -0.357. The second-order valence-corrected chi connectivity index (χ2v) is 4.52. The fraction of sp³-hybridized carbons (Fsp3) is 0.500. The maximum Gasteiger partial charge on any atom is 0.220 e. The Morgan fingerprint density at radius 1 is 1.56 bits per heavy atom. The van der Waals surface area contributed by atoms with Gasteiger partial charge in [-0.15, -0.1) is 0 Å². The lowest BCUT2D eigenvalue weighted by Crippen LogP contribution is -2.28. The number of halogens is 1. The Morgan fingerprint density at radius 3 is 3.17 bits per heavy atom. The van der Waals surface area contributed by atoms with Crippen LogP contribution >= 0.6 is 0 Å². The van der Waals surface area contributed by atoms with Crippen molar-refractivity contribution in [1.82, 2.24) is 5.32 Å². The highest BCUT2D eigenvalue weighted by Gasteiger charge is 2.23. The van der Waals surface area contributed by atoms with Crippen LogP contribution in [0.1, 0.15) is 44.2 Å². The monoisotopic (exact) mass is 251 g/mol. The minimum Gasteiger partial charge on any atom is -0.490 e. The van der Waals surface area contributed by atoms with Crippen LogP contribution in [0.15, 0.2) is 18.2 Å². The van der Waals surface area contributed by atoms with E-state index in [2.05, 4.69) is 5.32 Å². The van der Waals surface area contributed by atoms with Crippen LogP contribution in [-0.2, 0) is 4.79 Å². The molecule has 0 radical (unpaired) electrons. The van der Waals surface area contributed by atoms with Crippen molar-refractivity contribution in [2.24, 2.45) is 0 Å². The zero-order valence-corrected chi connectivity index (χ0v) is 10.5. The molecule has 98 valence electrons. The number of para-hydroxylation sites is 1. The number of carbonyl (C=O) groups excluding carboxylic acids is 1. The molecule has 1 heterocycles. The molecule has 0 saturated heterocycles. The molecule has 0 aromatic heterocycles. The van der Waals surface area contributed by atoms with Crippen molar-refractivity contribution in [3.05, 3.63) is 29.6 Å². The summed E-state index contributed by atoms with van der Waals surface area (Å²) in [6.07, 6.45) is 2.91. The van der Waals surface area contributed by atoms with Gasteiger partial charge in [-0.2, -0.15) is 0 Å². The first-order valence-corrected chi connectivity index (χ1v) is 6.43. The molecule has 1 aromatic carbocycles. The summed E-state index contributed by atoms with van der Waals surface area (Å²) < 4.78 is 19.1. The molecule has 1 amide bonds. The van der Waals surface area contributed by atoms with E-state index in [-0.39, 0.29) is 23.5 Å². The summed E-state index contributed by atoms with van der Waals surface area (Å²) in [5, 5.41) is 2.96. The zero-order valence-electron chi connectivity index (χ0n) is 10.5. The van der Waals surface area contributed by atoms with Crippen LogP contribution in [0.2, 0.25) is 0 Å². The number of rotatable bonds is 3. The van der Waals surface area contributed by atoms with Gasteiger partial charge in [-0.3, -0.25) is 4.79 Å². The SMILES string of the molecule is CCCC(=O)NC1CCCOc2c(F)cccc21. The van der Waals surface area contributed by atoms with E-state index in [1.54, 1.807) is 6.07 Å². The molecular weight excluding hydrogens is 233 g/mol. The van der Waals surface area contributed by atoms with E-state index in [0.717, 1.165) is 24.8 Å². The fourth-order valence-electron chi connectivity index (χ4n) is 2.21. The molecule has 0 aliphatic carbocycles. The van der Waals surface area contributed by atoms with Gasteiger partial charge >= 0.3 is 0 Å². The lowest BCUT2D eigenvalue weighted by atomic mass is 10.0. The normalized spacial score (nSPS) is 18.4. The van der Waals surface area contributed by atoms with Gasteiger partial charge in [0.1, 0.15) is 0 Å². The largest absolute Gasteiger partial charge is 0.490 e. The van der Waals surface area contributed by atoms with E-state index in [9.17, 15) is 9.18 Å². The Balaban J connectivity index is 2.22. The number of hydrogen-bond donors (Lipinski definition) is 1. The summed E-state index contributed by atoms with van der Waals surface area (Å²) in [5.41, 5.74) is 0.747. The molecule has 1 aliphatic rings. The quantitative estimate of drug-likeness (QED) is 0.897. The second kappa shape index (κ2) is 5.85. The van der Waals surface area contributed by atoms with Gasteiger partial charge in [0.05, 0.1) is 12.6 Å². The molecule has 1 N–H and O–H groups in total. The Kier molecular flexibility index (Phi) is 4.18. The van der Waals surface area contributed by atoms with Crippen LogP contribution in [-0.4, -0.2) is 12.5 Å². The molecule has 1 unspecified atom stereocenters. The van der Waals surface area contributed by atoms with Gasteiger partial charge < -0.3 is 10.1 Å². The van der Waals surface area contributed by atoms with Crippen LogP contribution < -0.4 is 10.1 Å². The van der Waals surface area contributed by atoms with Crippen molar-refractivity contribution in [2.45, 2.75) is 38.6 Å². The highest BCUT2D eigenvalue weighted by molar-refractivity contribution is 5.76. The van der Waals surface area contributed by atoms with Crippen LogP contribution in [0.4, 0.5) is 4.39 Å². The number of hydrogen-bond acceptors (Lipinski definition) is 2. The van der Waals surface area contributed by atoms with E-state index in [0.29, 0.717) is 13.0 Å². The summed E-state index contributed by atoms with van der Waals surface area (Å²) in [5.74, 6) is -0.0550. The van der Waals surface area contributed by atoms with E-state index >= 15 is 0 Å². The number of carbonyl (C=O) groups is 1. The van der Waals surface area contributed by atoms with Crippen LogP contribution in [0.5, 0.6) is 5.75 Å². The molecule has 1 aliphatic heterocycles. The molecule has 2 rings (SSSR count). The van der Waals surface area contributed by atoms with E-state index in [1.165, 1.54) is 6.07 Å². The molecule has 4 heteroatoms. The van der Waals surface area contributed by atoms with Crippen molar-refractivity contribution in [1.29, 1.82) is 0 Å². The molecule has 18 heavy (non-hydrogen) atoms. The summed E-state index contributed by atoms with van der Waals surface area (Å²) in [6, 6.07) is 4.72. The van der Waals surface area contributed by atoms with Crippen molar-refractivity contribution in [2.75, 3.05) is 6.61 Å². The van der Waals surface area contributed by atoms with Crippen molar-refractivity contribution in [3.63, 3.8) is 0 Å². The maximum absolute atomic E-state index is 13.7. The smallest absolute Gasteiger partial charge is 0.220 e. The number of fused-ring (bicyclic) bond motifs is 1. The number of amides is 1. The summed E-state index contributed by atoms with van der Waals surface area (Å²) in [6.45, 7) is 2.46. The van der Waals surface area contributed by atoms with Gasteiger partial charge in [0, 0.05) is 12.0 Å². The number of nitrogens with one attached hydrogen (secondary N) is 1. The molecular formula is C14H18FNO2. The first-order chi connectivity index (χ1) is 8.72. The van der Waals surface area contributed by atoms with Gasteiger partial charge in [0.15, 0.2) is 11.6 Å². The molecule has 3 nitrogen and oxygen atoms in total. The molecule has 1 aromatic rings. The van der Waals surface area contributed by atoms with Gasteiger partial charge in [-0.25, -0.2) is 4.39 Å². The van der Waals surface area contributed by atoms with Gasteiger partial charge in [0.25, 0.3) is 0 Å². The predicted molar refractivity (Wildman–Crippen MR) is 66.9 cm³/mol. The topological polar surface area (TPSA) is 38.3 Å². The number of benzene rings is 1.